The monoisotopic (exact) mass is 227 g/mol. The topological polar surface area (TPSA) is 63.2 Å². The normalized spacial score (nSPS) is 10.3. The zero-order valence-electron chi connectivity index (χ0n) is 8.61. The number of anilines is 1. The second kappa shape index (κ2) is 4.93. The summed E-state index contributed by atoms with van der Waals surface area (Å²) in [6.07, 6.45) is 0.368. The Balaban J connectivity index is 3.05. The Morgan fingerprint density at radius 1 is 1.40 bits per heavy atom. The first-order chi connectivity index (χ1) is 7.04. The molecule has 0 spiro atoms. The molecule has 5 heteroatoms. The number of nitrogens with one attached hydrogen (secondary N) is 1. The van der Waals surface area contributed by atoms with Crippen LogP contribution in [0.4, 0.5) is 5.69 Å². The van der Waals surface area contributed by atoms with Crippen molar-refractivity contribution in [1.82, 2.24) is 0 Å². The zero-order valence-corrected chi connectivity index (χ0v) is 9.51. The molecular formula is C10H13NO3S. The Morgan fingerprint density at radius 3 is 2.60 bits per heavy atom. The molecule has 0 heterocycles. The Morgan fingerprint density at radius 2 is 2.07 bits per heavy atom. The molecule has 0 atom stereocenters. The summed E-state index contributed by atoms with van der Waals surface area (Å²) in [6, 6.07) is 4.66. The van der Waals surface area contributed by atoms with E-state index in [1.54, 1.807) is 13.0 Å². The molecule has 1 N–H and O–H groups in total. The fourth-order valence-electron chi connectivity index (χ4n) is 1.10. The number of aryl methyl sites for hydroxylation is 1. The molecular weight excluding hydrogens is 214 g/mol. The van der Waals surface area contributed by atoms with Crippen LogP contribution in [0.15, 0.2) is 23.1 Å². The molecule has 4 nitrogen and oxygen atoms in total. The molecule has 0 bridgehead atoms. The highest BCUT2D eigenvalue weighted by molar-refractivity contribution is 7.72. The van der Waals surface area contributed by atoms with Crippen LogP contribution in [-0.2, 0) is 15.5 Å². The van der Waals surface area contributed by atoms with Crippen LogP contribution >= 0.6 is 0 Å². The minimum absolute atomic E-state index is 0.128. The Bertz CT molecular complexity index is 444. The third-order valence-corrected chi connectivity index (χ3v) is 2.73. The second-order valence-corrected chi connectivity index (χ2v) is 4.19. The molecule has 0 aliphatic rings. The molecule has 1 aromatic rings. The van der Waals surface area contributed by atoms with E-state index in [1.807, 2.05) is 6.92 Å². The zero-order chi connectivity index (χ0) is 11.4. The van der Waals surface area contributed by atoms with E-state index in [0.717, 1.165) is 5.56 Å². The van der Waals surface area contributed by atoms with E-state index < -0.39 is 10.7 Å². The molecule has 82 valence electrons. The average Bonchev–Trinajstić information content (AvgIpc) is 2.20. The highest BCUT2D eigenvalue weighted by Gasteiger charge is 2.04. The van der Waals surface area contributed by atoms with Gasteiger partial charge in [0.1, 0.15) is 0 Å². The summed E-state index contributed by atoms with van der Waals surface area (Å²) in [5.41, 5.74) is 1.40. The van der Waals surface area contributed by atoms with Gasteiger partial charge in [0.05, 0.1) is 4.90 Å². The smallest absolute Gasteiger partial charge is 0.224 e. The quantitative estimate of drug-likeness (QED) is 0.765. The molecule has 0 unspecified atom stereocenters. The maximum absolute atomic E-state index is 11.2. The van der Waals surface area contributed by atoms with Gasteiger partial charge in [-0.3, -0.25) is 4.79 Å². The largest absolute Gasteiger partial charge is 0.326 e. The van der Waals surface area contributed by atoms with E-state index in [4.69, 9.17) is 0 Å². The Kier molecular flexibility index (Phi) is 3.85. The highest BCUT2D eigenvalue weighted by Crippen LogP contribution is 2.17. The molecule has 0 aliphatic heterocycles. The number of carbonyl (C=O) groups excluding carboxylic acids is 1. The second-order valence-electron chi connectivity index (χ2n) is 3.16. The van der Waals surface area contributed by atoms with Gasteiger partial charge in [0.2, 0.25) is 5.91 Å². The van der Waals surface area contributed by atoms with Gasteiger partial charge in [0, 0.05) is 12.1 Å². The van der Waals surface area contributed by atoms with Crippen molar-refractivity contribution in [3.05, 3.63) is 23.8 Å². The van der Waals surface area contributed by atoms with Gasteiger partial charge in [-0.2, -0.15) is 0 Å². The first-order valence-electron chi connectivity index (χ1n) is 4.59. The van der Waals surface area contributed by atoms with Crippen LogP contribution in [0.5, 0.6) is 0 Å². The lowest BCUT2D eigenvalue weighted by atomic mass is 10.2. The molecule has 0 saturated heterocycles. The minimum atomic E-state index is -2.60. The standard InChI is InChI=1S/C10H13NO3S/c1-3-10(12)11-9-6-8(15(13)14)5-4-7(9)2/h4-6,15H,3H2,1-2H3,(H,11,12). The van der Waals surface area contributed by atoms with Gasteiger partial charge in [0.25, 0.3) is 0 Å². The molecule has 0 saturated carbocycles. The molecule has 0 radical (unpaired) electrons. The Hall–Kier alpha value is -1.36. The van der Waals surface area contributed by atoms with Crippen LogP contribution in [0.1, 0.15) is 18.9 Å². The fourth-order valence-corrected chi connectivity index (χ4v) is 1.53. The highest BCUT2D eigenvalue weighted by atomic mass is 32.2. The maximum atomic E-state index is 11.2. The molecule has 1 aromatic carbocycles. The van der Waals surface area contributed by atoms with Gasteiger partial charge in [-0.1, -0.05) is 13.0 Å². The van der Waals surface area contributed by atoms with Gasteiger partial charge in [-0.15, -0.1) is 0 Å². The van der Waals surface area contributed by atoms with Crippen molar-refractivity contribution in [1.29, 1.82) is 0 Å². The van der Waals surface area contributed by atoms with Crippen LogP contribution < -0.4 is 5.32 Å². The lowest BCUT2D eigenvalue weighted by molar-refractivity contribution is -0.115. The van der Waals surface area contributed by atoms with Gasteiger partial charge < -0.3 is 5.32 Å². The van der Waals surface area contributed by atoms with Crippen molar-refractivity contribution >= 4 is 22.3 Å². The molecule has 15 heavy (non-hydrogen) atoms. The number of hydrogen-bond acceptors (Lipinski definition) is 3. The summed E-state index contributed by atoms with van der Waals surface area (Å²) in [7, 11) is -2.60. The van der Waals surface area contributed by atoms with Crippen molar-refractivity contribution in [3.8, 4) is 0 Å². The summed E-state index contributed by atoms with van der Waals surface area (Å²) in [4.78, 5) is 11.4. The van der Waals surface area contributed by atoms with Crippen LogP contribution in [0.3, 0.4) is 0 Å². The van der Waals surface area contributed by atoms with Gasteiger partial charge in [-0.05, 0) is 24.6 Å². The molecule has 0 fully saturated rings. The predicted octanol–water partition coefficient (Wildman–Crippen LogP) is 1.31. The number of rotatable bonds is 3. The Labute approximate surface area is 90.3 Å². The molecule has 0 aliphatic carbocycles. The van der Waals surface area contributed by atoms with Crippen molar-refractivity contribution < 1.29 is 13.2 Å². The van der Waals surface area contributed by atoms with E-state index in [0.29, 0.717) is 12.1 Å². The lowest BCUT2D eigenvalue weighted by Crippen LogP contribution is -2.10. The summed E-state index contributed by atoms with van der Waals surface area (Å²) in [5, 5.41) is 2.65. The third-order valence-electron chi connectivity index (χ3n) is 2.03. The SMILES string of the molecule is CCC(=O)Nc1cc([SH](=O)=O)ccc1C. The van der Waals surface area contributed by atoms with E-state index in [2.05, 4.69) is 5.32 Å². The van der Waals surface area contributed by atoms with Gasteiger partial charge in [-0.25, -0.2) is 8.42 Å². The van der Waals surface area contributed by atoms with E-state index in [9.17, 15) is 13.2 Å². The number of hydrogen-bond donors (Lipinski definition) is 2. The van der Waals surface area contributed by atoms with Crippen LogP contribution in [-0.4, -0.2) is 14.3 Å². The van der Waals surface area contributed by atoms with Crippen LogP contribution in [0, 0.1) is 6.92 Å². The van der Waals surface area contributed by atoms with E-state index >= 15 is 0 Å². The minimum Gasteiger partial charge on any atom is -0.326 e. The summed E-state index contributed by atoms with van der Waals surface area (Å²) in [5.74, 6) is -0.128. The molecule has 1 amide bonds. The first-order valence-corrected chi connectivity index (χ1v) is 5.77. The summed E-state index contributed by atoms with van der Waals surface area (Å²) >= 11 is 0. The number of carbonyl (C=O) groups is 1. The molecule has 1 rings (SSSR count). The van der Waals surface area contributed by atoms with Gasteiger partial charge >= 0.3 is 0 Å². The van der Waals surface area contributed by atoms with Crippen molar-refractivity contribution in [2.24, 2.45) is 0 Å². The van der Waals surface area contributed by atoms with Crippen molar-refractivity contribution in [2.75, 3.05) is 5.32 Å². The fraction of sp³-hybridized carbons (Fsp3) is 0.300. The van der Waals surface area contributed by atoms with Crippen LogP contribution in [0.2, 0.25) is 0 Å². The van der Waals surface area contributed by atoms with Gasteiger partial charge in [0.15, 0.2) is 10.7 Å². The number of thiol groups is 1. The average molecular weight is 227 g/mol. The summed E-state index contributed by atoms with van der Waals surface area (Å²) in [6.45, 7) is 3.55. The van der Waals surface area contributed by atoms with Crippen molar-refractivity contribution in [3.63, 3.8) is 0 Å². The lowest BCUT2D eigenvalue weighted by Gasteiger charge is -2.07. The number of amides is 1. The van der Waals surface area contributed by atoms with Crippen molar-refractivity contribution in [2.45, 2.75) is 25.2 Å². The van der Waals surface area contributed by atoms with E-state index in [1.165, 1.54) is 12.1 Å². The first kappa shape index (κ1) is 11.7. The summed E-state index contributed by atoms with van der Waals surface area (Å²) < 4.78 is 21.5. The molecule has 0 aromatic heterocycles. The third kappa shape index (κ3) is 3.06. The maximum Gasteiger partial charge on any atom is 0.224 e. The number of benzene rings is 1. The van der Waals surface area contributed by atoms with E-state index in [-0.39, 0.29) is 10.8 Å². The predicted molar refractivity (Wildman–Crippen MR) is 58.7 cm³/mol. The van der Waals surface area contributed by atoms with Crippen LogP contribution in [0.25, 0.3) is 0 Å².